The third-order valence-corrected chi connectivity index (χ3v) is 6.13. The number of aryl methyl sites for hydroxylation is 1. The van der Waals surface area contributed by atoms with Gasteiger partial charge in [0.25, 0.3) is 0 Å². The van der Waals surface area contributed by atoms with Crippen LogP contribution in [0.3, 0.4) is 0 Å². The number of nitrogens with zero attached hydrogens (tertiary/aromatic N) is 5. The number of nitrogens with one attached hydrogen (secondary N) is 2. The molecule has 3 aliphatic heterocycles. The minimum atomic E-state index is -0.284. The Bertz CT molecular complexity index is 1190. The summed E-state index contributed by atoms with van der Waals surface area (Å²) in [4.78, 5) is 20.6. The molecule has 1 atom stereocenters. The Morgan fingerprint density at radius 3 is 2.75 bits per heavy atom. The number of aromatic nitrogens is 1. The van der Waals surface area contributed by atoms with Gasteiger partial charge < -0.3 is 29.7 Å². The van der Waals surface area contributed by atoms with E-state index in [0.29, 0.717) is 56.5 Å². The molecule has 1 unspecified atom stereocenters. The average molecular weight is 490 g/mol. The number of hydrogen-bond donors (Lipinski definition) is 2. The Morgan fingerprint density at radius 1 is 1.06 bits per heavy atom. The van der Waals surface area contributed by atoms with Crippen LogP contribution in [0.4, 0.5) is 5.69 Å². The van der Waals surface area contributed by atoms with Crippen molar-refractivity contribution in [2.75, 3.05) is 44.8 Å². The molecule has 1 fully saturated rings. The zero-order valence-electron chi connectivity index (χ0n) is 20.6. The first-order chi connectivity index (χ1) is 17.7. The van der Waals surface area contributed by atoms with Gasteiger partial charge in [0, 0.05) is 37.5 Å². The van der Waals surface area contributed by atoms with E-state index in [4.69, 9.17) is 24.2 Å². The Hall–Kier alpha value is -3.92. The maximum Gasteiger partial charge on any atom is 0.320 e. The molecule has 36 heavy (non-hydrogen) atoms. The molecular formula is C26H31N7O3. The molecule has 0 bridgehead atoms. The maximum absolute atomic E-state index is 5.97. The number of anilines is 1. The molecule has 10 heteroatoms. The standard InChI is InChI=1S/C26H31N7O3/c1-18-7-5-8-20(19(18)2)28-25-29-21-17-22(33-11-15-34-16-12-33)30-26(32-24(21)31-25)36-14-6-13-35-23-9-3-4-10-27-23/h3-5,7-10,17,21H,6,11-16H2,1-2H3,(H2,28,29,30,31,32). The molecule has 10 nitrogen and oxygen atoms in total. The van der Waals surface area contributed by atoms with E-state index in [0.717, 1.165) is 24.6 Å². The number of fused-ring (bicyclic) bond motifs is 1. The second-order valence-corrected chi connectivity index (χ2v) is 8.65. The largest absolute Gasteiger partial charge is 0.478 e. The van der Waals surface area contributed by atoms with Gasteiger partial charge >= 0.3 is 6.02 Å². The lowest BCUT2D eigenvalue weighted by molar-refractivity contribution is 0.0528. The SMILES string of the molecule is Cc1cccc(NC2=NC3C=C(N4CCOCC4)N=C(OCCCOc4ccccn4)N=C3N2)c1C. The average Bonchev–Trinajstić information content (AvgIpc) is 3.18. The molecule has 1 aromatic heterocycles. The van der Waals surface area contributed by atoms with Crippen molar-refractivity contribution in [3.05, 3.63) is 65.6 Å². The van der Waals surface area contributed by atoms with E-state index in [2.05, 4.69) is 45.4 Å². The summed E-state index contributed by atoms with van der Waals surface area (Å²) in [6, 6.07) is 11.8. The number of hydrogen-bond acceptors (Lipinski definition) is 10. The molecule has 0 amide bonds. The van der Waals surface area contributed by atoms with E-state index in [1.165, 1.54) is 11.1 Å². The topological polar surface area (TPSA) is 105 Å². The summed E-state index contributed by atoms with van der Waals surface area (Å²) in [5.74, 6) is 2.71. The van der Waals surface area contributed by atoms with Gasteiger partial charge in [0.15, 0.2) is 0 Å². The van der Waals surface area contributed by atoms with Crippen molar-refractivity contribution in [3.8, 4) is 5.88 Å². The summed E-state index contributed by atoms with van der Waals surface area (Å²) >= 11 is 0. The predicted octanol–water partition coefficient (Wildman–Crippen LogP) is 2.87. The first-order valence-electron chi connectivity index (χ1n) is 12.2. The lowest BCUT2D eigenvalue weighted by Crippen LogP contribution is -2.36. The zero-order chi connectivity index (χ0) is 24.7. The van der Waals surface area contributed by atoms with Crippen molar-refractivity contribution in [1.82, 2.24) is 15.2 Å². The second kappa shape index (κ2) is 11.2. The molecule has 3 aliphatic rings. The van der Waals surface area contributed by atoms with Crippen LogP contribution in [0.15, 0.2) is 69.5 Å². The van der Waals surface area contributed by atoms with E-state index in [-0.39, 0.29) is 6.04 Å². The Labute approximate surface area is 210 Å². The van der Waals surface area contributed by atoms with Crippen molar-refractivity contribution in [1.29, 1.82) is 0 Å². The monoisotopic (exact) mass is 489 g/mol. The van der Waals surface area contributed by atoms with Crippen LogP contribution in [0, 0.1) is 13.8 Å². The first kappa shape index (κ1) is 23.8. The van der Waals surface area contributed by atoms with Gasteiger partial charge in [0.05, 0.1) is 26.4 Å². The van der Waals surface area contributed by atoms with Crippen LogP contribution in [-0.2, 0) is 9.47 Å². The van der Waals surface area contributed by atoms with Crippen LogP contribution >= 0.6 is 0 Å². The number of aliphatic imine (C=N–C) groups is 3. The van der Waals surface area contributed by atoms with Gasteiger partial charge in [-0.1, -0.05) is 18.2 Å². The third kappa shape index (κ3) is 5.83. The Kier molecular flexibility index (Phi) is 7.41. The second-order valence-electron chi connectivity index (χ2n) is 8.65. The minimum Gasteiger partial charge on any atom is -0.478 e. The van der Waals surface area contributed by atoms with E-state index >= 15 is 0 Å². The summed E-state index contributed by atoms with van der Waals surface area (Å²) in [6.07, 6.45) is 4.40. The van der Waals surface area contributed by atoms with E-state index in [1.54, 1.807) is 6.20 Å². The Morgan fingerprint density at radius 2 is 1.92 bits per heavy atom. The molecule has 0 aliphatic carbocycles. The smallest absolute Gasteiger partial charge is 0.320 e. The highest BCUT2D eigenvalue weighted by molar-refractivity contribution is 6.15. The number of guanidine groups is 1. The fourth-order valence-corrected chi connectivity index (χ4v) is 3.98. The summed E-state index contributed by atoms with van der Waals surface area (Å²) in [6.45, 7) is 7.92. The van der Waals surface area contributed by atoms with Gasteiger partial charge in [0.2, 0.25) is 11.8 Å². The molecule has 0 spiro atoms. The van der Waals surface area contributed by atoms with Crippen molar-refractivity contribution in [2.45, 2.75) is 26.3 Å². The van der Waals surface area contributed by atoms with Crippen molar-refractivity contribution in [2.24, 2.45) is 15.0 Å². The summed E-state index contributed by atoms with van der Waals surface area (Å²) in [5, 5.41) is 6.72. The van der Waals surface area contributed by atoms with Crippen molar-refractivity contribution >= 4 is 23.5 Å². The van der Waals surface area contributed by atoms with Crippen LogP contribution in [0.25, 0.3) is 0 Å². The summed E-state index contributed by atoms with van der Waals surface area (Å²) in [5.41, 5.74) is 3.40. The van der Waals surface area contributed by atoms with Crippen LogP contribution in [-0.4, -0.2) is 73.3 Å². The highest BCUT2D eigenvalue weighted by Crippen LogP contribution is 2.21. The molecule has 4 heterocycles. The van der Waals surface area contributed by atoms with E-state index in [1.807, 2.05) is 36.4 Å². The molecule has 1 saturated heterocycles. The Balaban J connectivity index is 1.27. The molecule has 188 valence electrons. The first-order valence-corrected chi connectivity index (χ1v) is 12.2. The molecule has 1 aromatic carbocycles. The van der Waals surface area contributed by atoms with Gasteiger partial charge in [-0.25, -0.2) is 9.98 Å². The van der Waals surface area contributed by atoms with Gasteiger partial charge in [-0.15, -0.1) is 0 Å². The normalized spacial score (nSPS) is 19.2. The maximum atomic E-state index is 5.97. The van der Waals surface area contributed by atoms with Crippen LogP contribution < -0.4 is 15.4 Å². The molecule has 2 aromatic rings. The predicted molar refractivity (Wildman–Crippen MR) is 140 cm³/mol. The molecular weight excluding hydrogens is 458 g/mol. The number of rotatable bonds is 7. The highest BCUT2D eigenvalue weighted by atomic mass is 16.5. The lowest BCUT2D eigenvalue weighted by Gasteiger charge is -2.28. The number of amidine groups is 2. The molecule has 0 radical (unpaired) electrons. The fourth-order valence-electron chi connectivity index (χ4n) is 3.98. The number of morpholine rings is 1. The van der Waals surface area contributed by atoms with Crippen molar-refractivity contribution < 1.29 is 14.2 Å². The summed E-state index contributed by atoms with van der Waals surface area (Å²) < 4.78 is 17.1. The number of benzene rings is 1. The number of pyridine rings is 1. The highest BCUT2D eigenvalue weighted by Gasteiger charge is 2.29. The van der Waals surface area contributed by atoms with Crippen LogP contribution in [0.2, 0.25) is 0 Å². The quantitative estimate of drug-likeness (QED) is 0.576. The third-order valence-electron chi connectivity index (χ3n) is 6.13. The summed E-state index contributed by atoms with van der Waals surface area (Å²) in [7, 11) is 0. The molecule has 0 saturated carbocycles. The van der Waals surface area contributed by atoms with Crippen LogP contribution in [0.5, 0.6) is 5.88 Å². The van der Waals surface area contributed by atoms with Gasteiger partial charge in [0.1, 0.15) is 17.7 Å². The van der Waals surface area contributed by atoms with Crippen molar-refractivity contribution in [3.63, 3.8) is 0 Å². The van der Waals surface area contributed by atoms with E-state index < -0.39 is 0 Å². The van der Waals surface area contributed by atoms with Gasteiger partial charge in [-0.05, 0) is 43.2 Å². The van der Waals surface area contributed by atoms with Gasteiger partial charge in [-0.3, -0.25) is 0 Å². The minimum absolute atomic E-state index is 0.284. The zero-order valence-corrected chi connectivity index (χ0v) is 20.6. The molecule has 2 N–H and O–H groups in total. The lowest BCUT2D eigenvalue weighted by atomic mass is 10.1. The number of ether oxygens (including phenoxy) is 3. The van der Waals surface area contributed by atoms with Gasteiger partial charge in [-0.2, -0.15) is 9.98 Å². The molecule has 5 rings (SSSR count). The fraction of sp³-hybridized carbons (Fsp3) is 0.385. The van der Waals surface area contributed by atoms with E-state index in [9.17, 15) is 0 Å². The van der Waals surface area contributed by atoms with Crippen LogP contribution in [0.1, 0.15) is 17.5 Å².